The maximum absolute atomic E-state index is 15.0. The molecule has 0 radical (unpaired) electrons. The average Bonchev–Trinajstić information content (AvgIpc) is 1.59. The maximum Gasteiger partial charge on any atom is 0.293 e. The number of carbonyl (C=O) groups is 6. The number of rotatable bonds is 35. The van der Waals surface area contributed by atoms with Crippen LogP contribution in [0.15, 0.2) is 94.7 Å². The minimum Gasteiger partial charge on any atom is -0.424 e. The molecule has 5 aromatic rings. The Hall–Kier alpha value is -8.16. The molecule has 2 saturated heterocycles. The van der Waals surface area contributed by atoms with Gasteiger partial charge in [-0.25, -0.2) is 14.6 Å². The third-order valence-corrected chi connectivity index (χ3v) is 23.8. The number of aliphatic hydroxyl groups is 3. The van der Waals surface area contributed by atoms with Crippen LogP contribution in [0.25, 0.3) is 33.4 Å². The van der Waals surface area contributed by atoms with Crippen molar-refractivity contribution in [3.05, 3.63) is 107 Å². The van der Waals surface area contributed by atoms with Crippen LogP contribution in [0, 0.1) is 23.7 Å². The monoisotopic (exact) mass is 1700 g/mol. The molecule has 3 fully saturated rings. The van der Waals surface area contributed by atoms with E-state index in [1.54, 1.807) is 64.3 Å². The first-order chi connectivity index (χ1) is 59.0. The van der Waals surface area contributed by atoms with Crippen molar-refractivity contribution in [2.75, 3.05) is 144 Å². The van der Waals surface area contributed by atoms with Gasteiger partial charge in [0.2, 0.25) is 11.7 Å². The molecule has 1 saturated carbocycles. The van der Waals surface area contributed by atoms with E-state index < -0.39 is 89.8 Å². The number of piperidine rings is 1. The van der Waals surface area contributed by atoms with Crippen LogP contribution in [-0.2, 0) is 105 Å². The van der Waals surface area contributed by atoms with Crippen LogP contribution in [0.5, 0.6) is 0 Å². The number of hydrogen-bond acceptors (Lipinski definition) is 28. The Balaban J connectivity index is 0.558. The van der Waals surface area contributed by atoms with Gasteiger partial charge in [-0.05, 0) is 174 Å². The zero-order valence-corrected chi connectivity index (χ0v) is 71.8. The Bertz CT molecular complexity index is 4350. The fourth-order valence-corrected chi connectivity index (χ4v) is 16.9. The van der Waals surface area contributed by atoms with Crippen molar-refractivity contribution in [1.82, 2.24) is 39.8 Å². The van der Waals surface area contributed by atoms with E-state index in [0.717, 1.165) is 47.9 Å². The van der Waals surface area contributed by atoms with E-state index in [9.17, 15) is 39.3 Å². The highest BCUT2D eigenvalue weighted by atomic mass is 16.6. The number of benzene rings is 2. The third-order valence-electron chi connectivity index (χ3n) is 23.8. The molecule has 3 aromatic heterocycles. The van der Waals surface area contributed by atoms with Gasteiger partial charge >= 0.3 is 0 Å². The number of amides is 3. The molecule has 5 aliphatic heterocycles. The molecular weight excluding hydrogens is 1570 g/mol. The topological polar surface area (TPSA) is 414 Å². The lowest BCUT2D eigenvalue weighted by Gasteiger charge is -2.39. The van der Waals surface area contributed by atoms with Gasteiger partial charge in [-0.15, -0.1) is 0 Å². The number of allylic oxidation sites excluding steroid dienone is 4. The van der Waals surface area contributed by atoms with E-state index in [1.165, 1.54) is 16.8 Å². The second-order valence-corrected chi connectivity index (χ2v) is 33.0. The van der Waals surface area contributed by atoms with Gasteiger partial charge in [-0.3, -0.25) is 28.8 Å². The summed E-state index contributed by atoms with van der Waals surface area (Å²) in [6.45, 7) is 16.1. The molecule has 670 valence electrons. The summed E-state index contributed by atoms with van der Waals surface area (Å²) in [6, 6.07) is 11.1. The van der Waals surface area contributed by atoms with Gasteiger partial charge in [0.25, 0.3) is 17.8 Å². The fraction of sp³-hybridized carbons (Fsp3) is 0.644. The minimum atomic E-state index is -1.95. The van der Waals surface area contributed by atoms with Crippen LogP contribution in [-0.4, -0.2) is 278 Å². The number of aliphatic hydroxyl groups excluding tert-OH is 3. The molecule has 32 nitrogen and oxygen atoms in total. The van der Waals surface area contributed by atoms with Gasteiger partial charge < -0.3 is 103 Å². The Morgan fingerprint density at radius 3 is 2.07 bits per heavy atom. The molecule has 3 amide bonds. The molecule has 0 spiro atoms. The van der Waals surface area contributed by atoms with E-state index in [4.69, 9.17) is 77.8 Å². The van der Waals surface area contributed by atoms with Crippen molar-refractivity contribution in [3.8, 4) is 11.3 Å². The Kier molecular flexibility index (Phi) is 37.0. The van der Waals surface area contributed by atoms with Crippen molar-refractivity contribution in [2.45, 2.75) is 218 Å². The highest BCUT2D eigenvalue weighted by molar-refractivity contribution is 6.38. The largest absolute Gasteiger partial charge is 0.424 e. The van der Waals surface area contributed by atoms with Crippen LogP contribution >= 0.6 is 0 Å². The van der Waals surface area contributed by atoms with E-state index in [1.807, 2.05) is 41.6 Å². The zero-order valence-electron chi connectivity index (χ0n) is 71.8. The lowest BCUT2D eigenvalue weighted by atomic mass is 9.83. The molecule has 122 heavy (non-hydrogen) atoms. The lowest BCUT2D eigenvalue weighted by Crippen LogP contribution is -2.54. The van der Waals surface area contributed by atoms with Crippen molar-refractivity contribution < 1.29 is 105 Å². The minimum absolute atomic E-state index is 0.0438. The molecule has 2 aromatic carbocycles. The van der Waals surface area contributed by atoms with Crippen LogP contribution in [0.3, 0.4) is 0 Å². The molecule has 8 heterocycles. The highest BCUT2D eigenvalue weighted by Gasteiger charge is 2.45. The second-order valence-electron chi connectivity index (χ2n) is 33.0. The number of ether oxygens (including phenoxy) is 12. The molecule has 6 aliphatic rings. The maximum atomic E-state index is 15.0. The molecule has 8 N–H and O–H groups in total. The zero-order chi connectivity index (χ0) is 86.5. The van der Waals surface area contributed by atoms with Gasteiger partial charge in [0.1, 0.15) is 47.5 Å². The van der Waals surface area contributed by atoms with E-state index in [-0.39, 0.29) is 81.4 Å². The Morgan fingerprint density at radius 1 is 0.705 bits per heavy atom. The number of nitrogens with two attached hydrogens (primary N) is 2. The first-order valence-corrected chi connectivity index (χ1v) is 43.7. The number of ketones is 3. The smallest absolute Gasteiger partial charge is 0.293 e. The number of Topliss-reactive ketones (excluding diaryl/α,β-unsaturated/α-hetero) is 3. The summed E-state index contributed by atoms with van der Waals surface area (Å²) in [5.41, 5.74) is 17.9. The van der Waals surface area contributed by atoms with Crippen LogP contribution in [0.4, 0.5) is 11.8 Å². The quantitative estimate of drug-likeness (QED) is 0.0127. The predicted molar refractivity (Wildman–Crippen MR) is 453 cm³/mol. The van der Waals surface area contributed by atoms with E-state index in [0.29, 0.717) is 215 Å². The molecular formula is C90H128N10O22. The Labute approximate surface area is 714 Å². The number of methoxy groups -OCH3 is 1. The number of anilines is 2. The summed E-state index contributed by atoms with van der Waals surface area (Å²) in [5, 5.41) is 43.0. The number of carbonyl (C=O) groups excluding carboxylic acids is 6. The van der Waals surface area contributed by atoms with Gasteiger partial charge in [0.05, 0.1) is 155 Å². The highest BCUT2D eigenvalue weighted by Crippen LogP contribution is 2.37. The predicted octanol–water partition coefficient (Wildman–Crippen LogP) is 8.04. The average molecular weight is 1700 g/mol. The van der Waals surface area contributed by atoms with Crippen molar-refractivity contribution >= 4 is 69.0 Å². The molecule has 12 atom stereocenters. The van der Waals surface area contributed by atoms with Gasteiger partial charge in [-0.1, -0.05) is 63.3 Å². The van der Waals surface area contributed by atoms with Crippen molar-refractivity contribution in [3.63, 3.8) is 0 Å². The van der Waals surface area contributed by atoms with Crippen LogP contribution in [0.1, 0.15) is 154 Å². The standard InChI is InChI=1S/C90H128N10O22/c1-58-26-29-90(28-9-11-59(2)76(110-6)54-70-23-25-75(119-70)81(105)86(107)99-32-8-7-13-72(99)87(108)120-69(22-17-63-15-20-68(101)21-16-63)53-73(102)60(3)50-62(5)83(122-90)82(106)80(104)61(4)49-58)88(109)93-30-34-112-36-38-114-40-42-116-44-46-118-48-47-117-45-43-115-41-39-113-37-35-111-33-27-77(103)98-31-10-12-65-51-64(14-18-67(65)56-98)55-100-85-78(84(91)94-57-95-85)79(97-100)66-19-24-74-71(52-66)96-89(92)121-74/h9,11,14,18-19,24,26,28-29,50-52,57-58,60-61,63,68-70,72,75-76,82-83,87,101,106,108H,7-8,10,12-13,15-17,20-23,25,27,30-49,53-56H2,1-6H3,(H2,92,96)(H,93,109)(H2,91,94,95)/b28-9+,29-26+,59-11+,62-50+/t58-,60?,61-,63-,68-,69?,70?,72+,75?,76+,82+,83-,87-,90?/m1/s1. The number of hydrogen-bond donors (Lipinski definition) is 6. The van der Waals surface area contributed by atoms with Crippen molar-refractivity contribution in [1.29, 1.82) is 0 Å². The first-order valence-electron chi connectivity index (χ1n) is 43.7. The summed E-state index contributed by atoms with van der Waals surface area (Å²) < 4.78 is 78.6. The summed E-state index contributed by atoms with van der Waals surface area (Å²) >= 11 is 0. The van der Waals surface area contributed by atoms with Gasteiger partial charge in [0, 0.05) is 63.5 Å². The number of aromatic nitrogens is 5. The number of nitrogens with one attached hydrogen (secondary N) is 1. The summed E-state index contributed by atoms with van der Waals surface area (Å²) in [6.07, 6.45) is 12.8. The number of nitrogen functional groups attached to an aromatic ring is 2. The SMILES string of the molecule is CO[C@H]1CC2CCC(O2)C(=O)C(=O)N2CCCC[C@H]2[C@H](O)OC(CC[C@H]2CC[C@H](O)CC2)CC(=O)C(C)/C=C(\C)[C@H]2OC(C(=O)NCCOCCOCCOCCOCCOCCOCCOCCOCCC(=O)N3CCCc4cc(Cn5nc(-c6ccc7oc(N)nc7c6)c6c(N)ncnc65)ccc4C3)(/C=C/C=C/1C)/C=C/[C@@H](C)C[C@@H](C)C(=O)[C@@H]2O. The normalized spacial score (nSPS) is 27.8. The lowest BCUT2D eigenvalue weighted by molar-refractivity contribution is -0.189. The fourth-order valence-electron chi connectivity index (χ4n) is 16.9. The first kappa shape index (κ1) is 94.5. The number of aryl methyl sites for hydroxylation is 1. The molecule has 11 rings (SSSR count). The third kappa shape index (κ3) is 27.2. The number of nitrogens with zero attached hydrogens (tertiary/aromatic N) is 7. The molecule has 4 bridgehead atoms. The van der Waals surface area contributed by atoms with Crippen molar-refractivity contribution in [2.24, 2.45) is 23.7 Å². The van der Waals surface area contributed by atoms with E-state index in [2.05, 4.69) is 38.5 Å². The van der Waals surface area contributed by atoms with Gasteiger partial charge in [0.15, 0.2) is 28.9 Å². The Morgan fingerprint density at radius 2 is 1.39 bits per heavy atom. The summed E-state index contributed by atoms with van der Waals surface area (Å²) in [4.78, 5) is 102. The molecule has 1 aliphatic carbocycles. The van der Waals surface area contributed by atoms with E-state index >= 15 is 4.79 Å². The molecule has 32 heteroatoms. The van der Waals surface area contributed by atoms with Crippen LogP contribution < -0.4 is 16.8 Å². The summed E-state index contributed by atoms with van der Waals surface area (Å²) in [5.74, 6) is -3.84. The molecule has 5 unspecified atom stereocenters. The van der Waals surface area contributed by atoms with Gasteiger partial charge in [-0.2, -0.15) is 10.1 Å². The second kappa shape index (κ2) is 47.8. The number of fused-ring (bicyclic) bond motifs is 8. The van der Waals surface area contributed by atoms with Crippen LogP contribution in [0.2, 0.25) is 0 Å². The summed E-state index contributed by atoms with van der Waals surface area (Å²) in [7, 11) is 1.56. The number of oxazole rings is 1.